The van der Waals surface area contributed by atoms with Gasteiger partial charge >= 0.3 is 17.9 Å². The molecule has 0 aliphatic rings. The number of hydrogen-bond donors (Lipinski definition) is 3. The molecule has 2 amide bonds. The van der Waals surface area contributed by atoms with Gasteiger partial charge in [-0.2, -0.15) is 0 Å². The Morgan fingerprint density at radius 3 is 1.61 bits per heavy atom. The number of carbonyl (C=O) groups is 5. The molecule has 0 spiro atoms. The molecule has 3 aromatic rings. The average molecular weight is 519 g/mol. The van der Waals surface area contributed by atoms with Crippen LogP contribution in [0.5, 0.6) is 0 Å². The first-order valence-electron chi connectivity index (χ1n) is 11.5. The van der Waals surface area contributed by atoms with Crippen molar-refractivity contribution < 1.29 is 38.6 Å². The van der Waals surface area contributed by atoms with E-state index in [4.69, 9.17) is 9.47 Å². The van der Waals surface area contributed by atoms with E-state index in [0.717, 1.165) is 5.56 Å². The summed E-state index contributed by atoms with van der Waals surface area (Å²) in [6, 6.07) is 18.8. The number of hydrogen-bond acceptors (Lipinski definition) is 7. The van der Waals surface area contributed by atoms with Crippen LogP contribution in [0.3, 0.4) is 0 Å². The van der Waals surface area contributed by atoms with E-state index in [1.54, 1.807) is 50.2 Å². The first kappa shape index (κ1) is 27.6. The summed E-state index contributed by atoms with van der Waals surface area (Å²) in [6.07, 6.45) is -4.37. The van der Waals surface area contributed by atoms with E-state index in [2.05, 4.69) is 10.9 Å². The third-order valence-corrected chi connectivity index (χ3v) is 5.37. The lowest BCUT2D eigenvalue weighted by Gasteiger charge is -2.23. The Balaban J connectivity index is 1.85. The van der Waals surface area contributed by atoms with Crippen LogP contribution in [0, 0.1) is 20.8 Å². The van der Waals surface area contributed by atoms with Gasteiger partial charge in [-0.15, -0.1) is 0 Å². The van der Waals surface area contributed by atoms with Crippen LogP contribution in [0.15, 0.2) is 72.8 Å². The van der Waals surface area contributed by atoms with E-state index in [1.807, 2.05) is 6.92 Å². The van der Waals surface area contributed by atoms with Crippen LogP contribution in [0.1, 0.15) is 47.8 Å². The first-order valence-corrected chi connectivity index (χ1v) is 11.5. The van der Waals surface area contributed by atoms with Crippen LogP contribution < -0.4 is 10.9 Å². The Kier molecular flexibility index (Phi) is 8.94. The number of hydrazine groups is 1. The predicted molar refractivity (Wildman–Crippen MR) is 135 cm³/mol. The maximum atomic E-state index is 13.0. The molecule has 0 fully saturated rings. The minimum Gasteiger partial charge on any atom is -0.478 e. The van der Waals surface area contributed by atoms with E-state index in [0.29, 0.717) is 11.1 Å². The fraction of sp³-hybridized carbons (Fsp3) is 0.179. The van der Waals surface area contributed by atoms with E-state index in [1.165, 1.54) is 36.4 Å². The fourth-order valence-corrected chi connectivity index (χ4v) is 3.37. The monoisotopic (exact) mass is 518 g/mol. The van der Waals surface area contributed by atoms with Crippen molar-refractivity contribution >= 4 is 29.7 Å². The van der Waals surface area contributed by atoms with Crippen molar-refractivity contribution in [3.63, 3.8) is 0 Å². The summed E-state index contributed by atoms with van der Waals surface area (Å²) in [7, 11) is 0. The number of carbonyl (C=O) groups excluding carboxylic acids is 4. The van der Waals surface area contributed by atoms with Crippen molar-refractivity contribution in [1.82, 2.24) is 10.9 Å². The maximum Gasteiger partial charge on any atom is 0.349 e. The Morgan fingerprint density at radius 1 is 0.632 bits per heavy atom. The van der Waals surface area contributed by atoms with Gasteiger partial charge in [-0.05, 0) is 57.2 Å². The highest BCUT2D eigenvalue weighted by molar-refractivity contribution is 5.99. The lowest BCUT2D eigenvalue weighted by Crippen LogP contribution is -2.54. The molecular weight excluding hydrogens is 492 g/mol. The molecule has 0 saturated carbocycles. The molecule has 10 heteroatoms. The first-order chi connectivity index (χ1) is 18.0. The Hall–Kier alpha value is -4.99. The van der Waals surface area contributed by atoms with E-state index >= 15 is 0 Å². The van der Waals surface area contributed by atoms with Crippen LogP contribution in [0.25, 0.3) is 0 Å². The lowest BCUT2D eigenvalue weighted by atomic mass is 10.1. The summed E-state index contributed by atoms with van der Waals surface area (Å²) in [5, 5.41) is 9.82. The molecule has 0 aliphatic carbocycles. The predicted octanol–water partition coefficient (Wildman–Crippen LogP) is 2.91. The quantitative estimate of drug-likeness (QED) is 0.305. The van der Waals surface area contributed by atoms with E-state index < -0.39 is 41.9 Å². The van der Waals surface area contributed by atoms with Crippen LogP contribution in [-0.4, -0.2) is 47.0 Å². The molecule has 3 N–H and O–H groups in total. The number of carboxylic acids is 1. The molecule has 0 radical (unpaired) electrons. The molecule has 0 aromatic heterocycles. The van der Waals surface area contributed by atoms with Gasteiger partial charge in [0, 0.05) is 5.56 Å². The summed E-state index contributed by atoms with van der Waals surface area (Å²) in [5.41, 5.74) is 6.82. The smallest absolute Gasteiger partial charge is 0.349 e. The molecular formula is C28H26N2O8. The molecule has 0 unspecified atom stereocenters. The zero-order valence-corrected chi connectivity index (χ0v) is 20.9. The van der Waals surface area contributed by atoms with E-state index in [9.17, 15) is 29.1 Å². The normalized spacial score (nSPS) is 12.0. The summed E-state index contributed by atoms with van der Waals surface area (Å²) in [5.74, 6) is -5.75. The SMILES string of the molecule is Cc1ccc(C(=O)NNC(=O)[C@@H](OC(=O)c2cccc(C)c2)[C@@H](OC(=O)c2cccc(C)c2)C(=O)O)cc1. The highest BCUT2D eigenvalue weighted by atomic mass is 16.6. The molecule has 196 valence electrons. The topological polar surface area (TPSA) is 148 Å². The summed E-state index contributed by atoms with van der Waals surface area (Å²) in [4.78, 5) is 63.1. The molecule has 38 heavy (non-hydrogen) atoms. The van der Waals surface area contributed by atoms with Gasteiger partial charge in [0.2, 0.25) is 12.2 Å². The van der Waals surface area contributed by atoms with Gasteiger partial charge < -0.3 is 14.6 Å². The van der Waals surface area contributed by atoms with Crippen molar-refractivity contribution in [1.29, 1.82) is 0 Å². The number of amides is 2. The second-order valence-corrected chi connectivity index (χ2v) is 8.54. The summed E-state index contributed by atoms with van der Waals surface area (Å²) in [6.45, 7) is 5.29. The van der Waals surface area contributed by atoms with Crippen molar-refractivity contribution in [2.24, 2.45) is 0 Å². The number of rotatable bonds is 8. The number of ether oxygens (including phenoxy) is 2. The second-order valence-electron chi connectivity index (χ2n) is 8.54. The standard InChI is InChI=1S/C28H26N2O8/c1-16-10-12-19(13-11-16)24(31)29-30-25(32)22(37-27(35)20-8-4-6-17(2)14-20)23(26(33)34)38-28(36)21-9-5-7-18(3)15-21/h4-15,22-23H,1-3H3,(H,29,31)(H,30,32)(H,33,34)/t22-,23+/m0/s1. The second kappa shape index (κ2) is 12.3. The van der Waals surface area contributed by atoms with Crippen LogP contribution >= 0.6 is 0 Å². The van der Waals surface area contributed by atoms with Gasteiger partial charge in [0.1, 0.15) is 0 Å². The zero-order valence-electron chi connectivity index (χ0n) is 20.9. The fourth-order valence-electron chi connectivity index (χ4n) is 3.37. The van der Waals surface area contributed by atoms with Crippen molar-refractivity contribution in [2.75, 3.05) is 0 Å². The summed E-state index contributed by atoms with van der Waals surface area (Å²) < 4.78 is 10.3. The number of esters is 2. The molecule has 0 bridgehead atoms. The Bertz CT molecular complexity index is 1370. The highest BCUT2D eigenvalue weighted by Crippen LogP contribution is 2.15. The van der Waals surface area contributed by atoms with Crippen molar-refractivity contribution in [3.8, 4) is 0 Å². The van der Waals surface area contributed by atoms with Gasteiger partial charge in [-0.3, -0.25) is 20.4 Å². The van der Waals surface area contributed by atoms with Crippen molar-refractivity contribution in [3.05, 3.63) is 106 Å². The van der Waals surface area contributed by atoms with Gasteiger partial charge in [-0.1, -0.05) is 53.1 Å². The average Bonchev–Trinajstić information content (AvgIpc) is 2.89. The highest BCUT2D eigenvalue weighted by Gasteiger charge is 2.41. The minimum atomic E-state index is -2.23. The van der Waals surface area contributed by atoms with Gasteiger partial charge in [0.25, 0.3) is 11.8 Å². The third kappa shape index (κ3) is 7.26. The number of benzene rings is 3. The zero-order chi connectivity index (χ0) is 27.8. The van der Waals surface area contributed by atoms with Gasteiger partial charge in [0.05, 0.1) is 11.1 Å². The minimum absolute atomic E-state index is 0.0353. The van der Waals surface area contributed by atoms with Crippen LogP contribution in [-0.2, 0) is 19.1 Å². The number of aliphatic carboxylic acids is 1. The largest absolute Gasteiger partial charge is 0.478 e. The Morgan fingerprint density at radius 2 is 1.13 bits per heavy atom. The number of aryl methyl sites for hydroxylation is 3. The third-order valence-electron chi connectivity index (χ3n) is 5.37. The summed E-state index contributed by atoms with van der Waals surface area (Å²) >= 11 is 0. The number of carboxylic acid groups (broad SMARTS) is 1. The molecule has 0 saturated heterocycles. The van der Waals surface area contributed by atoms with E-state index in [-0.39, 0.29) is 16.7 Å². The molecule has 10 nitrogen and oxygen atoms in total. The molecule has 3 rings (SSSR count). The molecule has 3 aromatic carbocycles. The van der Waals surface area contributed by atoms with Crippen LogP contribution in [0.2, 0.25) is 0 Å². The van der Waals surface area contributed by atoms with Gasteiger partial charge in [0.15, 0.2) is 0 Å². The molecule has 2 atom stereocenters. The number of nitrogens with one attached hydrogen (secondary N) is 2. The molecule has 0 heterocycles. The maximum absolute atomic E-state index is 13.0. The van der Waals surface area contributed by atoms with Crippen LogP contribution in [0.4, 0.5) is 0 Å². The van der Waals surface area contributed by atoms with Crippen molar-refractivity contribution in [2.45, 2.75) is 33.0 Å². The Labute approximate surface area is 218 Å². The van der Waals surface area contributed by atoms with Gasteiger partial charge in [-0.25, -0.2) is 14.4 Å². The molecule has 0 aliphatic heterocycles. The lowest BCUT2D eigenvalue weighted by molar-refractivity contribution is -0.159.